The SMILES string of the molecule is O=C1C=CC2=CC(O)(Cc3ccc(O)cc3)OC2C1O[C@@H]1O[C@H](CO)[C@@H](O)[C@H](O)[C@H]1O. The highest BCUT2D eigenvalue weighted by Crippen LogP contribution is 2.37. The molecule has 1 aromatic carbocycles. The molecule has 10 nitrogen and oxygen atoms in total. The summed E-state index contributed by atoms with van der Waals surface area (Å²) in [6.07, 6.45) is -5.68. The summed E-state index contributed by atoms with van der Waals surface area (Å²) < 4.78 is 16.7. The number of aromatic hydroxyl groups is 1. The van der Waals surface area contributed by atoms with Crippen LogP contribution in [0.25, 0.3) is 0 Å². The Balaban J connectivity index is 1.51. The van der Waals surface area contributed by atoms with Crippen molar-refractivity contribution >= 4 is 5.78 Å². The summed E-state index contributed by atoms with van der Waals surface area (Å²) in [7, 11) is 0. The van der Waals surface area contributed by atoms with Gasteiger partial charge in [0, 0.05) is 6.42 Å². The molecular weight excluding hydrogens is 412 g/mol. The summed E-state index contributed by atoms with van der Waals surface area (Å²) in [6.45, 7) is -0.638. The molecule has 1 saturated heterocycles. The van der Waals surface area contributed by atoms with Gasteiger partial charge in [0.2, 0.25) is 0 Å². The Labute approximate surface area is 177 Å². The van der Waals surface area contributed by atoms with Crippen LogP contribution in [0.5, 0.6) is 5.75 Å². The Morgan fingerprint density at radius 1 is 1.03 bits per heavy atom. The molecule has 6 N–H and O–H groups in total. The van der Waals surface area contributed by atoms with Crippen LogP contribution < -0.4 is 0 Å². The highest BCUT2D eigenvalue weighted by Gasteiger charge is 2.50. The molecule has 0 saturated carbocycles. The van der Waals surface area contributed by atoms with Crippen LogP contribution in [-0.4, -0.2) is 91.7 Å². The first-order valence-corrected chi connectivity index (χ1v) is 9.79. The third-order valence-corrected chi connectivity index (χ3v) is 5.57. The minimum atomic E-state index is -1.75. The summed E-state index contributed by atoms with van der Waals surface area (Å²) in [5, 5.41) is 59.7. The maximum Gasteiger partial charge on any atom is 0.190 e. The molecule has 4 rings (SSSR count). The van der Waals surface area contributed by atoms with Crippen molar-refractivity contribution in [2.24, 2.45) is 0 Å². The minimum Gasteiger partial charge on any atom is -0.508 e. The lowest BCUT2D eigenvalue weighted by molar-refractivity contribution is -0.316. The van der Waals surface area contributed by atoms with Crippen molar-refractivity contribution in [1.29, 1.82) is 0 Å². The highest BCUT2D eigenvalue weighted by molar-refractivity contribution is 5.96. The number of aliphatic hydroxyl groups is 5. The van der Waals surface area contributed by atoms with Crippen molar-refractivity contribution in [3.8, 4) is 5.75 Å². The van der Waals surface area contributed by atoms with E-state index < -0.39 is 61.1 Å². The van der Waals surface area contributed by atoms with E-state index >= 15 is 0 Å². The number of hydrogen-bond donors (Lipinski definition) is 6. The number of ether oxygens (including phenoxy) is 3. The largest absolute Gasteiger partial charge is 0.508 e. The van der Waals surface area contributed by atoms with E-state index in [-0.39, 0.29) is 12.2 Å². The maximum atomic E-state index is 12.5. The first-order chi connectivity index (χ1) is 14.7. The van der Waals surface area contributed by atoms with Gasteiger partial charge in [0.25, 0.3) is 0 Å². The Morgan fingerprint density at radius 3 is 2.42 bits per heavy atom. The number of phenolic OH excluding ortho intramolecular Hbond substituents is 1. The van der Waals surface area contributed by atoms with Crippen molar-refractivity contribution in [1.82, 2.24) is 0 Å². The number of phenols is 1. The van der Waals surface area contributed by atoms with Gasteiger partial charge in [-0.25, -0.2) is 0 Å². The fourth-order valence-corrected chi connectivity index (χ4v) is 3.93. The zero-order valence-electron chi connectivity index (χ0n) is 16.3. The normalized spacial score (nSPS) is 40.0. The Hall–Kier alpha value is -2.15. The van der Waals surface area contributed by atoms with E-state index in [9.17, 15) is 35.4 Å². The van der Waals surface area contributed by atoms with Crippen LogP contribution in [0.15, 0.2) is 48.1 Å². The maximum absolute atomic E-state index is 12.5. The standard InChI is InChI=1S/C21H24O10/c22-9-14-15(25)16(26)17(27)20(29-14)30-19-13(24)6-3-11-8-21(28,31-18(11)19)7-10-1-4-12(23)5-2-10/h1-6,8,14-20,22-23,25-28H,7,9H2/t14-,15-,16+,17-,18?,19?,20+,21?/m1/s1. The molecule has 1 aliphatic carbocycles. The van der Waals surface area contributed by atoms with E-state index in [1.807, 2.05) is 0 Å². The second-order valence-electron chi connectivity index (χ2n) is 7.86. The molecule has 0 aromatic heterocycles. The molecular formula is C21H24O10. The van der Waals surface area contributed by atoms with E-state index in [1.165, 1.54) is 30.4 Å². The Kier molecular flexibility index (Phi) is 5.99. The third-order valence-electron chi connectivity index (χ3n) is 5.57. The van der Waals surface area contributed by atoms with E-state index in [0.717, 1.165) is 0 Å². The van der Waals surface area contributed by atoms with Gasteiger partial charge in [0.15, 0.2) is 24.0 Å². The molecule has 3 aliphatic rings. The predicted octanol–water partition coefficient (Wildman–Crippen LogP) is -1.73. The van der Waals surface area contributed by atoms with Gasteiger partial charge in [-0.2, -0.15) is 0 Å². The summed E-state index contributed by atoms with van der Waals surface area (Å²) in [6, 6.07) is 6.20. The first kappa shape index (κ1) is 22.1. The molecule has 2 aliphatic heterocycles. The average Bonchev–Trinajstić information content (AvgIpc) is 3.08. The van der Waals surface area contributed by atoms with Gasteiger partial charge >= 0.3 is 0 Å². The van der Waals surface area contributed by atoms with E-state index in [0.29, 0.717) is 11.1 Å². The number of fused-ring (bicyclic) bond motifs is 1. The number of carbonyl (C=O) groups excluding carboxylic acids is 1. The van der Waals surface area contributed by atoms with Gasteiger partial charge in [0.1, 0.15) is 36.3 Å². The van der Waals surface area contributed by atoms with Crippen molar-refractivity contribution in [3.05, 3.63) is 53.6 Å². The fraction of sp³-hybridized carbons (Fsp3) is 0.476. The van der Waals surface area contributed by atoms with Crippen molar-refractivity contribution < 1.29 is 49.6 Å². The zero-order chi connectivity index (χ0) is 22.3. The fourth-order valence-electron chi connectivity index (χ4n) is 3.93. The molecule has 0 radical (unpaired) electrons. The highest BCUT2D eigenvalue weighted by atomic mass is 16.7. The van der Waals surface area contributed by atoms with Crippen LogP contribution in [0.4, 0.5) is 0 Å². The summed E-state index contributed by atoms with van der Waals surface area (Å²) in [5.41, 5.74) is 1.16. The average molecular weight is 436 g/mol. The van der Waals surface area contributed by atoms with Gasteiger partial charge in [-0.1, -0.05) is 18.2 Å². The summed E-state index contributed by atoms with van der Waals surface area (Å²) in [4.78, 5) is 12.5. The third kappa shape index (κ3) is 4.29. The van der Waals surface area contributed by atoms with Crippen molar-refractivity contribution in [2.75, 3.05) is 6.61 Å². The number of carbonyl (C=O) groups is 1. The topological polar surface area (TPSA) is 166 Å². The smallest absolute Gasteiger partial charge is 0.190 e. The molecule has 8 atom stereocenters. The number of hydrogen-bond acceptors (Lipinski definition) is 10. The number of ketones is 1. The van der Waals surface area contributed by atoms with Crippen LogP contribution in [0.1, 0.15) is 5.56 Å². The second kappa shape index (κ2) is 8.41. The molecule has 2 heterocycles. The lowest BCUT2D eigenvalue weighted by Crippen LogP contribution is -2.60. The van der Waals surface area contributed by atoms with Gasteiger partial charge in [-0.15, -0.1) is 0 Å². The summed E-state index contributed by atoms with van der Waals surface area (Å²) in [5.74, 6) is -2.17. The lowest BCUT2D eigenvalue weighted by Gasteiger charge is -2.41. The van der Waals surface area contributed by atoms with Crippen LogP contribution in [0, 0.1) is 0 Å². The molecule has 168 valence electrons. The monoisotopic (exact) mass is 436 g/mol. The predicted molar refractivity (Wildman–Crippen MR) is 103 cm³/mol. The van der Waals surface area contributed by atoms with Crippen LogP contribution >= 0.6 is 0 Å². The quantitative estimate of drug-likeness (QED) is 0.312. The van der Waals surface area contributed by atoms with Crippen LogP contribution in [0.3, 0.4) is 0 Å². The van der Waals surface area contributed by atoms with Crippen molar-refractivity contribution in [2.45, 2.75) is 55.1 Å². The molecule has 1 fully saturated rings. The van der Waals surface area contributed by atoms with Crippen LogP contribution in [-0.2, 0) is 25.4 Å². The van der Waals surface area contributed by atoms with Gasteiger partial charge in [-0.05, 0) is 35.4 Å². The molecule has 0 amide bonds. The number of rotatable bonds is 5. The molecule has 0 spiro atoms. The number of benzene rings is 1. The first-order valence-electron chi connectivity index (χ1n) is 9.79. The second-order valence-corrected chi connectivity index (χ2v) is 7.86. The zero-order valence-corrected chi connectivity index (χ0v) is 16.3. The van der Waals surface area contributed by atoms with E-state index in [4.69, 9.17) is 14.2 Å². The van der Waals surface area contributed by atoms with Gasteiger partial charge in [0.05, 0.1) is 6.61 Å². The summed E-state index contributed by atoms with van der Waals surface area (Å²) >= 11 is 0. The number of aliphatic hydroxyl groups excluding tert-OH is 4. The minimum absolute atomic E-state index is 0.0437. The molecule has 10 heteroatoms. The van der Waals surface area contributed by atoms with E-state index in [2.05, 4.69) is 0 Å². The molecule has 3 unspecified atom stereocenters. The molecule has 1 aromatic rings. The molecule has 31 heavy (non-hydrogen) atoms. The lowest BCUT2D eigenvalue weighted by atomic mass is 9.94. The molecule has 0 bridgehead atoms. The van der Waals surface area contributed by atoms with Gasteiger partial charge in [-0.3, -0.25) is 4.79 Å². The van der Waals surface area contributed by atoms with Crippen molar-refractivity contribution in [3.63, 3.8) is 0 Å². The van der Waals surface area contributed by atoms with Gasteiger partial charge < -0.3 is 44.8 Å². The Bertz CT molecular complexity index is 879. The van der Waals surface area contributed by atoms with Crippen LogP contribution in [0.2, 0.25) is 0 Å². The van der Waals surface area contributed by atoms with E-state index in [1.54, 1.807) is 12.1 Å². The Morgan fingerprint density at radius 2 is 1.74 bits per heavy atom.